The van der Waals surface area contributed by atoms with Crippen LogP contribution in [0.4, 0.5) is 0 Å². The molecular formula is C18H19BrN2O3. The Labute approximate surface area is 149 Å². The number of nitrogens with one attached hydrogen (secondary N) is 1. The average Bonchev–Trinajstić information content (AvgIpc) is 2.57. The molecule has 0 radical (unpaired) electrons. The Kier molecular flexibility index (Phi) is 6.52. The normalized spacial score (nSPS) is 13.1. The van der Waals surface area contributed by atoms with Crippen molar-refractivity contribution in [2.75, 3.05) is 7.11 Å². The van der Waals surface area contributed by atoms with Crippen molar-refractivity contribution in [2.24, 2.45) is 5.73 Å². The maximum atomic E-state index is 12.5. The number of benzene rings is 2. The van der Waals surface area contributed by atoms with Gasteiger partial charge >= 0.3 is 0 Å². The van der Waals surface area contributed by atoms with Gasteiger partial charge in [0.1, 0.15) is 6.04 Å². The van der Waals surface area contributed by atoms with Gasteiger partial charge in [-0.1, -0.05) is 64.5 Å². The molecule has 0 spiro atoms. The second kappa shape index (κ2) is 8.61. The maximum absolute atomic E-state index is 12.5. The summed E-state index contributed by atoms with van der Waals surface area (Å²) in [7, 11) is 1.45. The number of hydrogen-bond donors (Lipinski definition) is 2. The molecule has 0 fully saturated rings. The predicted octanol–water partition coefficient (Wildman–Crippen LogP) is 2.35. The topological polar surface area (TPSA) is 81.4 Å². The van der Waals surface area contributed by atoms with E-state index in [2.05, 4.69) is 21.2 Å². The van der Waals surface area contributed by atoms with Crippen LogP contribution in [0, 0.1) is 0 Å². The Morgan fingerprint density at radius 3 is 2.33 bits per heavy atom. The van der Waals surface area contributed by atoms with Crippen LogP contribution in [0.2, 0.25) is 0 Å². The molecule has 5 nitrogen and oxygen atoms in total. The van der Waals surface area contributed by atoms with Gasteiger partial charge in [-0.15, -0.1) is 0 Å². The van der Waals surface area contributed by atoms with Crippen LogP contribution in [0.5, 0.6) is 0 Å². The van der Waals surface area contributed by atoms with E-state index in [1.165, 1.54) is 7.11 Å². The lowest BCUT2D eigenvalue weighted by Gasteiger charge is -2.21. The maximum Gasteiger partial charge on any atom is 0.254 e. The number of hydrogen-bond acceptors (Lipinski definition) is 3. The molecule has 2 aromatic rings. The zero-order valence-electron chi connectivity index (χ0n) is 13.2. The highest BCUT2D eigenvalue weighted by Gasteiger charge is 2.25. The van der Waals surface area contributed by atoms with Gasteiger partial charge in [0.2, 0.25) is 5.91 Å². The van der Waals surface area contributed by atoms with Crippen LogP contribution >= 0.6 is 15.9 Å². The van der Waals surface area contributed by atoms with Gasteiger partial charge in [0.25, 0.3) is 5.91 Å². The molecule has 2 aromatic carbocycles. The molecule has 126 valence electrons. The number of rotatable bonds is 7. The highest BCUT2D eigenvalue weighted by atomic mass is 79.9. The SMILES string of the molecule is CO[C@@H](C(=O)N[C@H](Cc1ccccc1Br)C(N)=O)c1ccccc1. The number of ether oxygens (including phenoxy) is 1. The van der Waals surface area contributed by atoms with Gasteiger partial charge in [-0.25, -0.2) is 0 Å². The fourth-order valence-electron chi connectivity index (χ4n) is 2.38. The fraction of sp³-hybridized carbons (Fsp3) is 0.222. The highest BCUT2D eigenvalue weighted by molar-refractivity contribution is 9.10. The summed E-state index contributed by atoms with van der Waals surface area (Å²) in [5.41, 5.74) is 7.05. The molecule has 0 saturated carbocycles. The van der Waals surface area contributed by atoms with Crippen LogP contribution < -0.4 is 11.1 Å². The molecule has 0 saturated heterocycles. The minimum Gasteiger partial charge on any atom is -0.368 e. The van der Waals surface area contributed by atoms with Crippen molar-refractivity contribution < 1.29 is 14.3 Å². The van der Waals surface area contributed by atoms with Gasteiger partial charge in [0, 0.05) is 18.0 Å². The molecule has 0 bridgehead atoms. The van der Waals surface area contributed by atoms with Crippen molar-refractivity contribution in [3.63, 3.8) is 0 Å². The van der Waals surface area contributed by atoms with Gasteiger partial charge in [-0.3, -0.25) is 9.59 Å². The predicted molar refractivity (Wildman–Crippen MR) is 95.2 cm³/mol. The Morgan fingerprint density at radius 2 is 1.75 bits per heavy atom. The minimum absolute atomic E-state index is 0.299. The van der Waals surface area contributed by atoms with Crippen molar-refractivity contribution in [3.05, 3.63) is 70.2 Å². The van der Waals surface area contributed by atoms with E-state index in [-0.39, 0.29) is 0 Å². The molecule has 2 atom stereocenters. The Bertz CT molecular complexity index is 706. The average molecular weight is 391 g/mol. The Morgan fingerprint density at radius 1 is 1.12 bits per heavy atom. The molecular weight excluding hydrogens is 372 g/mol. The zero-order valence-corrected chi connectivity index (χ0v) is 14.8. The Balaban J connectivity index is 2.13. The summed E-state index contributed by atoms with van der Waals surface area (Å²) in [6.45, 7) is 0. The first-order valence-corrected chi connectivity index (χ1v) is 8.23. The second-order valence-corrected chi connectivity index (χ2v) is 6.14. The lowest BCUT2D eigenvalue weighted by Crippen LogP contribution is -2.47. The van der Waals surface area contributed by atoms with Crippen molar-refractivity contribution in [1.29, 1.82) is 0 Å². The lowest BCUT2D eigenvalue weighted by molar-refractivity contribution is -0.134. The molecule has 0 aliphatic rings. The standard InChI is InChI=1S/C18H19BrN2O3/c1-24-16(12-7-3-2-4-8-12)18(23)21-15(17(20)22)11-13-9-5-6-10-14(13)19/h2-10,15-16H,11H2,1H3,(H2,20,22)(H,21,23)/t15-,16-/m1/s1. The van der Waals surface area contributed by atoms with Gasteiger partial charge in [0.15, 0.2) is 6.10 Å². The summed E-state index contributed by atoms with van der Waals surface area (Å²) in [5, 5.41) is 2.68. The van der Waals surface area contributed by atoms with Crippen molar-refractivity contribution in [2.45, 2.75) is 18.6 Å². The molecule has 0 aliphatic carbocycles. The van der Waals surface area contributed by atoms with Crippen molar-refractivity contribution in [3.8, 4) is 0 Å². The van der Waals surface area contributed by atoms with E-state index in [4.69, 9.17) is 10.5 Å². The summed E-state index contributed by atoms with van der Waals surface area (Å²) < 4.78 is 6.14. The first-order chi connectivity index (χ1) is 11.5. The summed E-state index contributed by atoms with van der Waals surface area (Å²) in [6.07, 6.45) is -0.500. The lowest BCUT2D eigenvalue weighted by atomic mass is 10.0. The largest absolute Gasteiger partial charge is 0.368 e. The summed E-state index contributed by atoms with van der Waals surface area (Å²) in [5.74, 6) is -0.999. The number of primary amides is 1. The number of halogens is 1. The second-order valence-electron chi connectivity index (χ2n) is 5.29. The van der Waals surface area contributed by atoms with Gasteiger partial charge in [-0.2, -0.15) is 0 Å². The third-order valence-corrected chi connectivity index (χ3v) is 4.39. The van der Waals surface area contributed by atoms with E-state index in [1.54, 1.807) is 12.1 Å². The minimum atomic E-state index is -0.822. The molecule has 0 aromatic heterocycles. The quantitative estimate of drug-likeness (QED) is 0.760. The van der Waals surface area contributed by atoms with E-state index < -0.39 is 24.0 Å². The number of nitrogens with two attached hydrogens (primary N) is 1. The van der Waals surface area contributed by atoms with E-state index in [1.807, 2.05) is 42.5 Å². The summed E-state index contributed by atoms with van der Waals surface area (Å²) in [4.78, 5) is 24.3. The van der Waals surface area contributed by atoms with Crippen LogP contribution in [0.1, 0.15) is 17.2 Å². The summed E-state index contributed by atoms with van der Waals surface area (Å²) >= 11 is 3.43. The molecule has 2 amide bonds. The van der Waals surface area contributed by atoms with E-state index in [0.717, 1.165) is 10.0 Å². The first-order valence-electron chi connectivity index (χ1n) is 7.43. The van der Waals surface area contributed by atoms with E-state index >= 15 is 0 Å². The van der Waals surface area contributed by atoms with E-state index in [0.29, 0.717) is 12.0 Å². The van der Waals surface area contributed by atoms with Crippen LogP contribution in [0.15, 0.2) is 59.1 Å². The molecule has 0 aliphatic heterocycles. The van der Waals surface area contributed by atoms with Crippen LogP contribution in [-0.2, 0) is 20.7 Å². The third-order valence-electron chi connectivity index (χ3n) is 3.62. The van der Waals surface area contributed by atoms with E-state index in [9.17, 15) is 9.59 Å². The van der Waals surface area contributed by atoms with Crippen molar-refractivity contribution >= 4 is 27.7 Å². The molecule has 6 heteroatoms. The van der Waals surface area contributed by atoms with Crippen LogP contribution in [-0.4, -0.2) is 25.0 Å². The van der Waals surface area contributed by atoms with Crippen molar-refractivity contribution in [1.82, 2.24) is 5.32 Å². The number of amides is 2. The molecule has 24 heavy (non-hydrogen) atoms. The fourth-order valence-corrected chi connectivity index (χ4v) is 2.82. The zero-order chi connectivity index (χ0) is 17.5. The smallest absolute Gasteiger partial charge is 0.254 e. The molecule has 2 rings (SSSR count). The Hall–Kier alpha value is -2.18. The highest BCUT2D eigenvalue weighted by Crippen LogP contribution is 2.19. The third kappa shape index (κ3) is 4.66. The van der Waals surface area contributed by atoms with Gasteiger partial charge < -0.3 is 15.8 Å². The number of carbonyl (C=O) groups excluding carboxylic acids is 2. The molecule has 0 heterocycles. The van der Waals surface area contributed by atoms with Gasteiger partial charge in [0.05, 0.1) is 0 Å². The van der Waals surface area contributed by atoms with Crippen LogP contribution in [0.3, 0.4) is 0 Å². The first kappa shape index (κ1) is 18.2. The summed E-state index contributed by atoms with van der Waals surface area (Å²) in [6, 6.07) is 15.7. The number of carbonyl (C=O) groups is 2. The molecule has 0 unspecified atom stereocenters. The number of methoxy groups -OCH3 is 1. The monoisotopic (exact) mass is 390 g/mol. The molecule has 3 N–H and O–H groups in total. The van der Waals surface area contributed by atoms with Gasteiger partial charge in [-0.05, 0) is 17.2 Å². The van der Waals surface area contributed by atoms with Crippen LogP contribution in [0.25, 0.3) is 0 Å².